The molecule has 2 heteroatoms. The third-order valence-electron chi connectivity index (χ3n) is 12.6. The molecule has 0 amide bonds. The molecule has 4 unspecified atom stereocenters. The Kier molecular flexibility index (Phi) is 7.76. The number of para-hydroxylation sites is 3. The van der Waals surface area contributed by atoms with E-state index in [0.717, 1.165) is 30.6 Å². The van der Waals surface area contributed by atoms with Crippen molar-refractivity contribution in [2.75, 3.05) is 0 Å². The molecular formula is C53H42N2. The van der Waals surface area contributed by atoms with Gasteiger partial charge in [-0.05, 0) is 128 Å². The number of hydrogen-bond donors (Lipinski definition) is 0. The first kappa shape index (κ1) is 32.2. The van der Waals surface area contributed by atoms with E-state index in [9.17, 15) is 0 Å². The van der Waals surface area contributed by atoms with Crippen LogP contribution in [0, 0.1) is 11.8 Å². The van der Waals surface area contributed by atoms with Crippen molar-refractivity contribution in [1.29, 1.82) is 0 Å². The smallest absolute Gasteiger partial charge is 0.121 e. The van der Waals surface area contributed by atoms with Crippen LogP contribution in [-0.2, 0) is 0 Å². The second-order valence-corrected chi connectivity index (χ2v) is 15.7. The molecule has 0 aliphatic heterocycles. The molecule has 0 fully saturated rings. The van der Waals surface area contributed by atoms with Crippen LogP contribution in [0.5, 0.6) is 0 Å². The normalized spacial score (nSPS) is 20.7. The molecule has 1 aromatic heterocycles. The third-order valence-corrected chi connectivity index (χ3v) is 12.6. The molecule has 0 bridgehead atoms. The molecule has 0 N–H and O–H groups in total. The van der Waals surface area contributed by atoms with Crippen LogP contribution in [0.25, 0.3) is 65.7 Å². The minimum absolute atomic E-state index is 0.251. The average Bonchev–Trinajstić information content (AvgIpc) is 3.65. The zero-order valence-corrected chi connectivity index (χ0v) is 30.9. The van der Waals surface area contributed by atoms with Crippen LogP contribution < -0.4 is 0 Å². The van der Waals surface area contributed by atoms with Crippen LogP contribution in [0.1, 0.15) is 54.5 Å². The summed E-state index contributed by atoms with van der Waals surface area (Å²) in [6.45, 7) is 0. The van der Waals surface area contributed by atoms with Gasteiger partial charge in [0.05, 0.1) is 11.0 Å². The number of allylic oxidation sites excluding steroid dienone is 8. The Hall–Kier alpha value is -6.25. The Bertz CT molecular complexity index is 2900. The number of imidazole rings is 1. The summed E-state index contributed by atoms with van der Waals surface area (Å²) < 4.78 is 2.37. The summed E-state index contributed by atoms with van der Waals surface area (Å²) in [7, 11) is 0. The van der Waals surface area contributed by atoms with Gasteiger partial charge in [-0.2, -0.15) is 0 Å². The van der Waals surface area contributed by atoms with E-state index in [1.807, 2.05) is 0 Å². The molecule has 55 heavy (non-hydrogen) atoms. The molecule has 0 radical (unpaired) electrons. The van der Waals surface area contributed by atoms with E-state index >= 15 is 0 Å². The molecule has 4 atom stereocenters. The van der Waals surface area contributed by atoms with Crippen molar-refractivity contribution in [2.24, 2.45) is 11.8 Å². The molecule has 8 aromatic rings. The Balaban J connectivity index is 1.06. The quantitative estimate of drug-likeness (QED) is 0.129. The molecule has 3 aliphatic carbocycles. The van der Waals surface area contributed by atoms with Crippen molar-refractivity contribution in [2.45, 2.75) is 37.5 Å². The Labute approximate surface area is 322 Å². The Morgan fingerprint density at radius 1 is 0.527 bits per heavy atom. The molecular weight excluding hydrogens is 665 g/mol. The maximum atomic E-state index is 5.23. The fourth-order valence-corrected chi connectivity index (χ4v) is 9.87. The Morgan fingerprint density at radius 2 is 1.25 bits per heavy atom. The Morgan fingerprint density at radius 3 is 2.13 bits per heavy atom. The number of fused-ring (bicyclic) bond motifs is 5. The molecule has 11 rings (SSSR count). The van der Waals surface area contributed by atoms with Crippen LogP contribution in [0.15, 0.2) is 182 Å². The van der Waals surface area contributed by atoms with Crippen molar-refractivity contribution >= 4 is 48.9 Å². The summed E-state index contributed by atoms with van der Waals surface area (Å²) in [6.07, 6.45) is 21.2. The first-order valence-electron chi connectivity index (χ1n) is 20.0. The lowest BCUT2D eigenvalue weighted by Gasteiger charge is -2.30. The second kappa shape index (κ2) is 13.2. The van der Waals surface area contributed by atoms with Crippen molar-refractivity contribution in [1.82, 2.24) is 9.55 Å². The molecule has 0 saturated heterocycles. The topological polar surface area (TPSA) is 17.8 Å². The summed E-state index contributed by atoms with van der Waals surface area (Å²) in [6, 6.07) is 51.6. The largest absolute Gasteiger partial charge is 0.296 e. The van der Waals surface area contributed by atoms with Gasteiger partial charge >= 0.3 is 0 Å². The minimum atomic E-state index is 0.251. The molecule has 7 aromatic carbocycles. The lowest BCUT2D eigenvalue weighted by molar-refractivity contribution is 0.499. The number of aromatic nitrogens is 2. The van der Waals surface area contributed by atoms with Crippen molar-refractivity contribution in [3.05, 3.63) is 199 Å². The molecule has 3 aliphatic rings. The monoisotopic (exact) mass is 706 g/mol. The highest BCUT2D eigenvalue weighted by Crippen LogP contribution is 2.47. The molecule has 1 heterocycles. The van der Waals surface area contributed by atoms with E-state index in [1.165, 1.54) is 77.8 Å². The van der Waals surface area contributed by atoms with Crippen molar-refractivity contribution in [3.8, 4) is 16.8 Å². The lowest BCUT2D eigenvalue weighted by Crippen LogP contribution is -2.15. The summed E-state index contributed by atoms with van der Waals surface area (Å²) in [5.41, 5.74) is 10.3. The van der Waals surface area contributed by atoms with Gasteiger partial charge in [-0.1, -0.05) is 146 Å². The van der Waals surface area contributed by atoms with E-state index in [4.69, 9.17) is 4.98 Å². The standard InChI is InChI=1S/C53H42N2/c1-2-16-44(17-3-1)55-50-21-11-10-20-49(50)54-53(55)38-26-22-37(23-27-38)41-30-31-47-48(34-41)52(43-29-25-36-13-5-7-15-40(36)33-43)46-19-9-8-18-45(46)51(47)42-28-24-35-12-4-6-14-39(35)32-42/h1-22,24,26,28,30-34,36-38,40H,23,25,27,29H2. The van der Waals surface area contributed by atoms with Crippen LogP contribution in [0.4, 0.5) is 0 Å². The van der Waals surface area contributed by atoms with Gasteiger partial charge in [0.25, 0.3) is 0 Å². The van der Waals surface area contributed by atoms with Gasteiger partial charge in [0.2, 0.25) is 0 Å². The van der Waals surface area contributed by atoms with Crippen LogP contribution >= 0.6 is 0 Å². The molecule has 0 saturated carbocycles. The number of hydrogen-bond acceptors (Lipinski definition) is 1. The van der Waals surface area contributed by atoms with E-state index in [1.54, 1.807) is 0 Å². The van der Waals surface area contributed by atoms with Gasteiger partial charge in [-0.15, -0.1) is 0 Å². The van der Waals surface area contributed by atoms with Crippen molar-refractivity contribution < 1.29 is 0 Å². The SMILES string of the molecule is C1=CC2C=C(c3c4ccccc4c(-c4ccc5ccccc5c4)c4ccc(C5C=CC(c6nc7ccccc7n6-c6ccccc6)CC5)cc34)CCC2C=C1. The molecule has 2 nitrogen and oxygen atoms in total. The summed E-state index contributed by atoms with van der Waals surface area (Å²) >= 11 is 0. The van der Waals surface area contributed by atoms with E-state index < -0.39 is 0 Å². The highest BCUT2D eigenvalue weighted by molar-refractivity contribution is 6.19. The highest BCUT2D eigenvalue weighted by atomic mass is 15.1. The van der Waals surface area contributed by atoms with E-state index in [0.29, 0.717) is 17.8 Å². The van der Waals surface area contributed by atoms with Gasteiger partial charge < -0.3 is 0 Å². The zero-order chi connectivity index (χ0) is 36.3. The van der Waals surface area contributed by atoms with Crippen LogP contribution in [0.2, 0.25) is 0 Å². The summed E-state index contributed by atoms with van der Waals surface area (Å²) in [5.74, 6) is 2.76. The lowest BCUT2D eigenvalue weighted by atomic mass is 9.74. The van der Waals surface area contributed by atoms with E-state index in [-0.39, 0.29) is 5.92 Å². The second-order valence-electron chi connectivity index (χ2n) is 15.7. The molecule has 0 spiro atoms. The third kappa shape index (κ3) is 5.50. The first-order valence-corrected chi connectivity index (χ1v) is 20.0. The zero-order valence-electron chi connectivity index (χ0n) is 30.9. The maximum Gasteiger partial charge on any atom is 0.121 e. The van der Waals surface area contributed by atoms with E-state index in [2.05, 4.69) is 187 Å². The predicted octanol–water partition coefficient (Wildman–Crippen LogP) is 13.9. The predicted molar refractivity (Wildman–Crippen MR) is 232 cm³/mol. The fourth-order valence-electron chi connectivity index (χ4n) is 9.87. The van der Waals surface area contributed by atoms with Gasteiger partial charge in [0.15, 0.2) is 0 Å². The fraction of sp³-hybridized carbons (Fsp3) is 0.151. The number of benzene rings is 7. The van der Waals surface area contributed by atoms with Crippen LogP contribution in [0.3, 0.4) is 0 Å². The van der Waals surface area contributed by atoms with Gasteiger partial charge in [0.1, 0.15) is 5.82 Å². The first-order chi connectivity index (χ1) is 27.3. The van der Waals surface area contributed by atoms with Gasteiger partial charge in [-0.25, -0.2) is 4.98 Å². The molecule has 264 valence electrons. The highest BCUT2D eigenvalue weighted by Gasteiger charge is 2.28. The number of nitrogens with zero attached hydrogens (tertiary/aromatic N) is 2. The van der Waals surface area contributed by atoms with Gasteiger partial charge in [0, 0.05) is 23.4 Å². The summed E-state index contributed by atoms with van der Waals surface area (Å²) in [5, 5.41) is 7.95. The maximum absolute atomic E-state index is 5.23. The number of rotatable bonds is 5. The van der Waals surface area contributed by atoms with Gasteiger partial charge in [-0.3, -0.25) is 4.57 Å². The minimum Gasteiger partial charge on any atom is -0.296 e. The average molecular weight is 707 g/mol. The summed E-state index contributed by atoms with van der Waals surface area (Å²) in [4.78, 5) is 5.23. The van der Waals surface area contributed by atoms with Crippen molar-refractivity contribution in [3.63, 3.8) is 0 Å². The van der Waals surface area contributed by atoms with Crippen LogP contribution in [-0.4, -0.2) is 9.55 Å².